The monoisotopic (exact) mass is 450 g/mol. The number of carbonyl (C=O) groups excluding carboxylic acids is 3. The van der Waals surface area contributed by atoms with Gasteiger partial charge in [0.1, 0.15) is 6.04 Å². The highest BCUT2D eigenvalue weighted by molar-refractivity contribution is 6.31. The summed E-state index contributed by atoms with van der Waals surface area (Å²) in [4.78, 5) is 37.4. The van der Waals surface area contributed by atoms with Crippen LogP contribution in [-0.4, -0.2) is 30.4 Å². The van der Waals surface area contributed by atoms with Crippen molar-refractivity contribution in [2.75, 3.05) is 6.61 Å². The van der Waals surface area contributed by atoms with E-state index in [1.165, 1.54) is 0 Å². The molecule has 0 fully saturated rings. The van der Waals surface area contributed by atoms with Crippen LogP contribution in [0.5, 0.6) is 0 Å². The largest absolute Gasteiger partial charge is 0.454 e. The Kier molecular flexibility index (Phi) is 8.40. The van der Waals surface area contributed by atoms with Gasteiger partial charge in [-0.3, -0.25) is 9.59 Å². The second-order valence-corrected chi connectivity index (χ2v) is 7.46. The summed E-state index contributed by atoms with van der Waals surface area (Å²) in [5, 5.41) is 5.91. The molecule has 1 atom stereocenters. The molecular weight excluding hydrogens is 428 g/mol. The number of benzene rings is 3. The highest BCUT2D eigenvalue weighted by Crippen LogP contribution is 2.14. The Bertz CT molecular complexity index is 1060. The second kappa shape index (κ2) is 11.7. The van der Waals surface area contributed by atoms with Gasteiger partial charge in [-0.15, -0.1) is 0 Å². The molecule has 7 heteroatoms. The minimum Gasteiger partial charge on any atom is -0.454 e. The van der Waals surface area contributed by atoms with Gasteiger partial charge in [0.15, 0.2) is 6.61 Å². The minimum absolute atomic E-state index is 0.217. The van der Waals surface area contributed by atoms with Gasteiger partial charge in [0, 0.05) is 23.6 Å². The maximum atomic E-state index is 12.7. The second-order valence-electron chi connectivity index (χ2n) is 7.06. The zero-order chi connectivity index (χ0) is 22.8. The summed E-state index contributed by atoms with van der Waals surface area (Å²) in [5.74, 6) is -1.55. The van der Waals surface area contributed by atoms with Crippen molar-refractivity contribution in [2.45, 2.75) is 19.0 Å². The van der Waals surface area contributed by atoms with Crippen molar-refractivity contribution in [3.8, 4) is 0 Å². The van der Waals surface area contributed by atoms with Gasteiger partial charge in [-0.05, 0) is 29.3 Å². The third kappa shape index (κ3) is 6.96. The summed E-state index contributed by atoms with van der Waals surface area (Å²) in [6.07, 6.45) is 0.236. The van der Waals surface area contributed by atoms with Crippen LogP contribution < -0.4 is 10.6 Å². The summed E-state index contributed by atoms with van der Waals surface area (Å²) in [6.45, 7) is -0.246. The lowest BCUT2D eigenvalue weighted by molar-refractivity contribution is -0.150. The summed E-state index contributed by atoms with van der Waals surface area (Å²) >= 11 is 6.08. The minimum atomic E-state index is -0.943. The Hall–Kier alpha value is -3.64. The van der Waals surface area contributed by atoms with Crippen LogP contribution in [0.25, 0.3) is 0 Å². The average Bonchev–Trinajstić information content (AvgIpc) is 2.82. The molecule has 0 bridgehead atoms. The molecule has 2 N–H and O–H groups in total. The summed E-state index contributed by atoms with van der Waals surface area (Å²) in [6, 6.07) is 24.0. The van der Waals surface area contributed by atoms with Crippen LogP contribution in [0.1, 0.15) is 21.5 Å². The van der Waals surface area contributed by atoms with E-state index in [4.69, 9.17) is 16.3 Å². The van der Waals surface area contributed by atoms with Gasteiger partial charge < -0.3 is 15.4 Å². The van der Waals surface area contributed by atoms with E-state index >= 15 is 0 Å². The quantitative estimate of drug-likeness (QED) is 0.488. The smallest absolute Gasteiger partial charge is 0.329 e. The molecule has 0 heterocycles. The Labute approximate surface area is 191 Å². The SMILES string of the molecule is O=C(COC(=O)C(Cc1ccccc1)NC(=O)c1ccccc1)NCc1ccccc1Cl. The van der Waals surface area contributed by atoms with E-state index in [0.717, 1.165) is 11.1 Å². The summed E-state index contributed by atoms with van der Waals surface area (Å²) in [7, 11) is 0. The topological polar surface area (TPSA) is 84.5 Å². The number of halogens is 1. The average molecular weight is 451 g/mol. The first-order valence-corrected chi connectivity index (χ1v) is 10.5. The Morgan fingerprint density at radius 1 is 0.844 bits per heavy atom. The van der Waals surface area contributed by atoms with Crippen LogP contribution in [0, 0.1) is 0 Å². The molecule has 0 radical (unpaired) electrons. The van der Waals surface area contributed by atoms with Gasteiger partial charge in [0.25, 0.3) is 11.8 Å². The van der Waals surface area contributed by atoms with Crippen molar-refractivity contribution in [2.24, 2.45) is 0 Å². The standard InChI is InChI=1S/C25H23ClN2O4/c26-21-14-8-7-13-20(21)16-27-23(29)17-32-25(31)22(15-18-9-3-1-4-10-18)28-24(30)19-11-5-2-6-12-19/h1-14,22H,15-17H2,(H,27,29)(H,28,30). The molecule has 2 amide bonds. The fourth-order valence-electron chi connectivity index (χ4n) is 3.00. The van der Waals surface area contributed by atoms with Crippen molar-refractivity contribution in [3.63, 3.8) is 0 Å². The lowest BCUT2D eigenvalue weighted by Gasteiger charge is -2.18. The number of amides is 2. The molecule has 3 rings (SSSR count). The molecule has 0 saturated carbocycles. The molecule has 6 nitrogen and oxygen atoms in total. The number of carbonyl (C=O) groups is 3. The van der Waals surface area contributed by atoms with Gasteiger partial charge in [0.05, 0.1) is 0 Å². The van der Waals surface area contributed by atoms with E-state index in [1.54, 1.807) is 48.5 Å². The summed E-state index contributed by atoms with van der Waals surface area (Å²) < 4.78 is 5.19. The fraction of sp³-hybridized carbons (Fsp3) is 0.160. The molecular formula is C25H23ClN2O4. The molecule has 0 spiro atoms. The normalized spacial score (nSPS) is 11.3. The Balaban J connectivity index is 1.59. The molecule has 0 aliphatic heterocycles. The van der Waals surface area contributed by atoms with E-state index in [0.29, 0.717) is 10.6 Å². The lowest BCUT2D eigenvalue weighted by Crippen LogP contribution is -2.44. The molecule has 0 aliphatic rings. The third-order valence-corrected chi connectivity index (χ3v) is 5.06. The predicted molar refractivity (Wildman–Crippen MR) is 122 cm³/mol. The highest BCUT2D eigenvalue weighted by Gasteiger charge is 2.24. The molecule has 0 saturated heterocycles. The maximum absolute atomic E-state index is 12.7. The third-order valence-electron chi connectivity index (χ3n) is 4.69. The lowest BCUT2D eigenvalue weighted by atomic mass is 10.1. The first-order chi connectivity index (χ1) is 15.5. The van der Waals surface area contributed by atoms with E-state index in [2.05, 4.69) is 10.6 Å². The van der Waals surface area contributed by atoms with E-state index in [9.17, 15) is 14.4 Å². The number of hydrogen-bond acceptors (Lipinski definition) is 4. The highest BCUT2D eigenvalue weighted by atomic mass is 35.5. The van der Waals surface area contributed by atoms with E-state index < -0.39 is 30.4 Å². The number of hydrogen-bond donors (Lipinski definition) is 2. The van der Waals surface area contributed by atoms with Crippen molar-refractivity contribution < 1.29 is 19.1 Å². The number of esters is 1. The molecule has 164 valence electrons. The molecule has 3 aromatic carbocycles. The van der Waals surface area contributed by atoms with Crippen molar-refractivity contribution in [1.82, 2.24) is 10.6 Å². The Morgan fingerprint density at radius 2 is 1.47 bits per heavy atom. The zero-order valence-electron chi connectivity index (χ0n) is 17.3. The van der Waals surface area contributed by atoms with Crippen LogP contribution in [0.15, 0.2) is 84.9 Å². The van der Waals surface area contributed by atoms with Gasteiger partial charge in [-0.2, -0.15) is 0 Å². The zero-order valence-corrected chi connectivity index (χ0v) is 18.0. The van der Waals surface area contributed by atoms with Crippen LogP contribution >= 0.6 is 11.6 Å². The maximum Gasteiger partial charge on any atom is 0.329 e. The molecule has 0 aliphatic carbocycles. The van der Waals surface area contributed by atoms with Crippen LogP contribution in [0.4, 0.5) is 0 Å². The molecule has 3 aromatic rings. The van der Waals surface area contributed by atoms with Gasteiger partial charge in [0.2, 0.25) is 0 Å². The van der Waals surface area contributed by atoms with E-state index in [1.807, 2.05) is 36.4 Å². The fourth-order valence-corrected chi connectivity index (χ4v) is 3.20. The van der Waals surface area contributed by atoms with Gasteiger partial charge in [-0.25, -0.2) is 4.79 Å². The van der Waals surface area contributed by atoms with Crippen LogP contribution in [0.2, 0.25) is 5.02 Å². The number of nitrogens with one attached hydrogen (secondary N) is 2. The summed E-state index contributed by atoms with van der Waals surface area (Å²) in [5.41, 5.74) is 2.03. The Morgan fingerprint density at radius 3 is 2.16 bits per heavy atom. The van der Waals surface area contributed by atoms with Crippen LogP contribution in [-0.2, 0) is 27.3 Å². The first kappa shape index (κ1) is 23.0. The molecule has 0 aromatic heterocycles. The first-order valence-electron chi connectivity index (χ1n) is 10.1. The number of ether oxygens (including phenoxy) is 1. The van der Waals surface area contributed by atoms with Gasteiger partial charge >= 0.3 is 5.97 Å². The van der Waals surface area contributed by atoms with Gasteiger partial charge in [-0.1, -0.05) is 78.3 Å². The van der Waals surface area contributed by atoms with Crippen molar-refractivity contribution >= 4 is 29.4 Å². The van der Waals surface area contributed by atoms with Crippen molar-refractivity contribution in [1.29, 1.82) is 0 Å². The van der Waals surface area contributed by atoms with E-state index in [-0.39, 0.29) is 13.0 Å². The van der Waals surface area contributed by atoms with Crippen LogP contribution in [0.3, 0.4) is 0 Å². The molecule has 1 unspecified atom stereocenters. The van der Waals surface area contributed by atoms with Crippen molar-refractivity contribution in [3.05, 3.63) is 107 Å². The molecule has 32 heavy (non-hydrogen) atoms. The predicted octanol–water partition coefficient (Wildman–Crippen LogP) is 3.54. The number of rotatable bonds is 9.